The van der Waals surface area contributed by atoms with Crippen LogP contribution < -0.4 is 11.1 Å². The standard InChI is InChI=1S/C12H16N4O2/c1-7(8-4-5-17-6-8)14-10-3-2-9(13)11-12(10)16-18-15-11/h2-3,7-8,14H,4-6,13H2,1H3. The second kappa shape index (κ2) is 4.45. The number of nitrogen functional groups attached to an aromatic ring is 1. The molecule has 1 aromatic heterocycles. The van der Waals surface area contributed by atoms with E-state index in [2.05, 4.69) is 22.6 Å². The maximum absolute atomic E-state index is 5.81. The van der Waals surface area contributed by atoms with Crippen LogP contribution in [0.15, 0.2) is 16.8 Å². The molecule has 1 saturated heterocycles. The van der Waals surface area contributed by atoms with Crippen LogP contribution in [-0.4, -0.2) is 29.6 Å². The van der Waals surface area contributed by atoms with E-state index >= 15 is 0 Å². The van der Waals surface area contributed by atoms with Gasteiger partial charge in [0.1, 0.15) is 0 Å². The van der Waals surface area contributed by atoms with E-state index in [1.165, 1.54) is 0 Å². The van der Waals surface area contributed by atoms with E-state index in [9.17, 15) is 0 Å². The first kappa shape index (κ1) is 11.3. The Morgan fingerprint density at radius 3 is 3.00 bits per heavy atom. The predicted molar refractivity (Wildman–Crippen MR) is 68.2 cm³/mol. The highest BCUT2D eigenvalue weighted by molar-refractivity contribution is 5.95. The molecule has 0 aliphatic carbocycles. The number of anilines is 2. The van der Waals surface area contributed by atoms with Gasteiger partial charge in [-0.15, -0.1) is 0 Å². The topological polar surface area (TPSA) is 86.2 Å². The third-order valence-electron chi connectivity index (χ3n) is 3.50. The van der Waals surface area contributed by atoms with Crippen LogP contribution in [0, 0.1) is 5.92 Å². The molecule has 0 saturated carbocycles. The highest BCUT2D eigenvalue weighted by atomic mass is 16.6. The van der Waals surface area contributed by atoms with Crippen molar-refractivity contribution in [1.29, 1.82) is 0 Å². The minimum Gasteiger partial charge on any atom is -0.397 e. The van der Waals surface area contributed by atoms with E-state index in [1.54, 1.807) is 0 Å². The number of nitrogens with two attached hydrogens (primary N) is 1. The van der Waals surface area contributed by atoms with Crippen molar-refractivity contribution in [2.24, 2.45) is 5.92 Å². The lowest BCUT2D eigenvalue weighted by molar-refractivity contribution is 0.183. The van der Waals surface area contributed by atoms with Gasteiger partial charge in [0.15, 0.2) is 11.0 Å². The van der Waals surface area contributed by atoms with Crippen molar-refractivity contribution in [2.45, 2.75) is 19.4 Å². The zero-order valence-electron chi connectivity index (χ0n) is 10.2. The van der Waals surface area contributed by atoms with Crippen molar-refractivity contribution in [2.75, 3.05) is 24.3 Å². The average Bonchev–Trinajstić information content (AvgIpc) is 3.01. The van der Waals surface area contributed by atoms with Gasteiger partial charge in [0.05, 0.1) is 18.0 Å². The first-order valence-corrected chi connectivity index (χ1v) is 6.10. The summed E-state index contributed by atoms with van der Waals surface area (Å²) in [4.78, 5) is 0. The number of nitrogens with one attached hydrogen (secondary N) is 1. The van der Waals surface area contributed by atoms with Crippen LogP contribution in [0.1, 0.15) is 13.3 Å². The molecule has 18 heavy (non-hydrogen) atoms. The Morgan fingerprint density at radius 2 is 2.22 bits per heavy atom. The Labute approximate surface area is 104 Å². The first-order valence-electron chi connectivity index (χ1n) is 6.10. The predicted octanol–water partition coefficient (Wildman–Crippen LogP) is 1.64. The molecule has 0 spiro atoms. The lowest BCUT2D eigenvalue weighted by atomic mass is 10.0. The van der Waals surface area contributed by atoms with E-state index in [1.807, 2.05) is 12.1 Å². The molecule has 1 aliphatic heterocycles. The van der Waals surface area contributed by atoms with Gasteiger partial charge in [-0.1, -0.05) is 0 Å². The van der Waals surface area contributed by atoms with Crippen LogP contribution in [0.3, 0.4) is 0 Å². The Bertz CT molecular complexity index is 548. The van der Waals surface area contributed by atoms with E-state index in [-0.39, 0.29) is 0 Å². The third-order valence-corrected chi connectivity index (χ3v) is 3.50. The largest absolute Gasteiger partial charge is 0.397 e. The quantitative estimate of drug-likeness (QED) is 0.803. The summed E-state index contributed by atoms with van der Waals surface area (Å²) in [7, 11) is 0. The highest BCUT2D eigenvalue weighted by Crippen LogP contribution is 2.27. The van der Waals surface area contributed by atoms with Crippen molar-refractivity contribution in [3.05, 3.63) is 12.1 Å². The van der Waals surface area contributed by atoms with E-state index < -0.39 is 0 Å². The summed E-state index contributed by atoms with van der Waals surface area (Å²) >= 11 is 0. The van der Waals surface area contributed by atoms with Crippen LogP contribution in [0.2, 0.25) is 0 Å². The molecular weight excluding hydrogens is 232 g/mol. The SMILES string of the molecule is CC(Nc1ccc(N)c2nonc12)C1CCOC1. The van der Waals surface area contributed by atoms with Crippen molar-refractivity contribution in [1.82, 2.24) is 10.3 Å². The maximum atomic E-state index is 5.81. The molecule has 0 radical (unpaired) electrons. The summed E-state index contributed by atoms with van der Waals surface area (Å²) in [5.41, 5.74) is 8.58. The molecule has 0 bridgehead atoms. The number of hydrogen-bond donors (Lipinski definition) is 2. The first-order chi connectivity index (χ1) is 8.75. The number of rotatable bonds is 3. The lowest BCUT2D eigenvalue weighted by Gasteiger charge is -2.20. The molecule has 3 N–H and O–H groups in total. The van der Waals surface area contributed by atoms with Crippen LogP contribution in [-0.2, 0) is 4.74 Å². The Morgan fingerprint density at radius 1 is 1.39 bits per heavy atom. The van der Waals surface area contributed by atoms with Crippen molar-refractivity contribution >= 4 is 22.4 Å². The molecule has 1 aromatic carbocycles. The number of benzene rings is 1. The fraction of sp³-hybridized carbons (Fsp3) is 0.500. The maximum Gasteiger partial charge on any atom is 0.160 e. The van der Waals surface area contributed by atoms with Crippen LogP contribution in [0.5, 0.6) is 0 Å². The fourth-order valence-electron chi connectivity index (χ4n) is 2.31. The molecule has 96 valence electrons. The number of hydrogen-bond acceptors (Lipinski definition) is 6. The van der Waals surface area contributed by atoms with Gasteiger partial charge < -0.3 is 15.8 Å². The zero-order valence-corrected chi connectivity index (χ0v) is 10.2. The fourth-order valence-corrected chi connectivity index (χ4v) is 2.31. The Hall–Kier alpha value is -1.82. The number of ether oxygens (including phenoxy) is 1. The van der Waals surface area contributed by atoms with Crippen molar-refractivity contribution < 1.29 is 9.37 Å². The molecule has 2 heterocycles. The van der Waals surface area contributed by atoms with Gasteiger partial charge in [0.25, 0.3) is 0 Å². The molecule has 1 fully saturated rings. The van der Waals surface area contributed by atoms with Gasteiger partial charge in [-0.25, -0.2) is 4.63 Å². The minimum atomic E-state index is 0.316. The van der Waals surface area contributed by atoms with Gasteiger partial charge in [0.2, 0.25) is 0 Å². The number of nitrogens with zero attached hydrogens (tertiary/aromatic N) is 2. The van der Waals surface area contributed by atoms with Crippen LogP contribution in [0.25, 0.3) is 11.0 Å². The summed E-state index contributed by atoms with van der Waals surface area (Å²) in [6, 6.07) is 4.04. The smallest absolute Gasteiger partial charge is 0.160 e. The molecule has 6 nitrogen and oxygen atoms in total. The number of aromatic nitrogens is 2. The second-order valence-corrected chi connectivity index (χ2v) is 4.72. The molecule has 0 amide bonds. The second-order valence-electron chi connectivity index (χ2n) is 4.72. The highest BCUT2D eigenvalue weighted by Gasteiger charge is 2.23. The van der Waals surface area contributed by atoms with E-state index in [4.69, 9.17) is 15.1 Å². The molecule has 6 heteroatoms. The molecule has 2 atom stereocenters. The summed E-state index contributed by atoms with van der Waals surface area (Å²) in [6.45, 7) is 3.80. The van der Waals surface area contributed by atoms with Gasteiger partial charge >= 0.3 is 0 Å². The average molecular weight is 248 g/mol. The summed E-state index contributed by atoms with van der Waals surface area (Å²) in [5.74, 6) is 0.525. The normalized spacial score (nSPS) is 21.3. The van der Waals surface area contributed by atoms with Gasteiger partial charge in [0, 0.05) is 18.6 Å². The van der Waals surface area contributed by atoms with Crippen molar-refractivity contribution in [3.63, 3.8) is 0 Å². The van der Waals surface area contributed by atoms with Crippen LogP contribution >= 0.6 is 0 Å². The summed E-state index contributed by atoms with van der Waals surface area (Å²) in [6.07, 6.45) is 1.09. The summed E-state index contributed by atoms with van der Waals surface area (Å²) in [5, 5.41) is 11.1. The van der Waals surface area contributed by atoms with Gasteiger partial charge in [-0.3, -0.25) is 0 Å². The van der Waals surface area contributed by atoms with Gasteiger partial charge in [-0.05, 0) is 35.8 Å². The molecule has 2 unspecified atom stereocenters. The van der Waals surface area contributed by atoms with Crippen LogP contribution in [0.4, 0.5) is 11.4 Å². The van der Waals surface area contributed by atoms with E-state index in [0.29, 0.717) is 28.7 Å². The van der Waals surface area contributed by atoms with Gasteiger partial charge in [-0.2, -0.15) is 0 Å². The third kappa shape index (κ3) is 1.88. The summed E-state index contributed by atoms with van der Waals surface area (Å²) < 4.78 is 10.1. The minimum absolute atomic E-state index is 0.316. The lowest BCUT2D eigenvalue weighted by Crippen LogP contribution is -2.26. The molecule has 1 aliphatic rings. The zero-order chi connectivity index (χ0) is 12.5. The van der Waals surface area contributed by atoms with E-state index in [0.717, 1.165) is 25.3 Å². The monoisotopic (exact) mass is 248 g/mol. The van der Waals surface area contributed by atoms with Crippen molar-refractivity contribution in [3.8, 4) is 0 Å². The molecule has 2 aromatic rings. The molecular formula is C12H16N4O2. The Kier molecular flexibility index (Phi) is 2.79. The number of fused-ring (bicyclic) bond motifs is 1. The Balaban J connectivity index is 1.86. The molecule has 3 rings (SSSR count).